The molecule has 0 aromatic carbocycles. The maximum atomic E-state index is 12.0. The largest absolute Gasteiger partial charge is 0.418 e. The van der Waals surface area contributed by atoms with E-state index in [1.54, 1.807) is 0 Å². The molecule has 0 spiro atoms. The first-order chi connectivity index (χ1) is 5.93. The zero-order valence-electron chi connectivity index (χ0n) is 6.84. The van der Waals surface area contributed by atoms with E-state index in [0.29, 0.717) is 5.56 Å². The van der Waals surface area contributed by atoms with Crippen LogP contribution in [0.4, 0.5) is 13.2 Å². The fraction of sp³-hybridized carbons (Fsp3) is 0.375. The van der Waals surface area contributed by atoms with Gasteiger partial charge in [-0.2, -0.15) is 13.2 Å². The van der Waals surface area contributed by atoms with Gasteiger partial charge in [-0.25, -0.2) is 0 Å². The van der Waals surface area contributed by atoms with E-state index in [0.717, 1.165) is 6.07 Å². The first kappa shape index (κ1) is 9.98. The van der Waals surface area contributed by atoms with E-state index >= 15 is 0 Å². The van der Waals surface area contributed by atoms with Crippen molar-refractivity contribution in [2.45, 2.75) is 19.2 Å². The average molecular weight is 191 g/mol. The van der Waals surface area contributed by atoms with Crippen molar-refractivity contribution in [3.05, 3.63) is 29.6 Å². The second-order valence-corrected chi connectivity index (χ2v) is 2.68. The van der Waals surface area contributed by atoms with Gasteiger partial charge in [0.1, 0.15) is 0 Å². The molecule has 0 saturated heterocycles. The lowest BCUT2D eigenvalue weighted by atomic mass is 10.1. The molecule has 1 N–H and O–H groups in total. The minimum Gasteiger partial charge on any atom is -0.379 e. The van der Waals surface area contributed by atoms with Gasteiger partial charge < -0.3 is 5.11 Å². The summed E-state index contributed by atoms with van der Waals surface area (Å²) in [7, 11) is 0. The highest BCUT2D eigenvalue weighted by atomic mass is 19.4. The van der Waals surface area contributed by atoms with E-state index in [1.807, 2.05) is 0 Å². The molecule has 72 valence electrons. The number of alkyl halides is 3. The van der Waals surface area contributed by atoms with Gasteiger partial charge in [-0.15, -0.1) is 0 Å². The third kappa shape index (κ3) is 2.18. The Morgan fingerprint density at radius 3 is 2.54 bits per heavy atom. The summed E-state index contributed by atoms with van der Waals surface area (Å²) in [5.74, 6) is 0. The van der Waals surface area contributed by atoms with Crippen LogP contribution >= 0.6 is 0 Å². The molecule has 1 rings (SSSR count). The number of aromatic nitrogens is 1. The van der Waals surface area contributed by atoms with Crippen molar-refractivity contribution < 1.29 is 18.3 Å². The van der Waals surface area contributed by atoms with Crippen LogP contribution in [0.25, 0.3) is 0 Å². The molecule has 0 unspecified atom stereocenters. The summed E-state index contributed by atoms with van der Waals surface area (Å²) in [5.41, 5.74) is 0.176. The molecule has 2 nitrogen and oxygen atoms in total. The highest BCUT2D eigenvalue weighted by molar-refractivity contribution is 5.24. The fourth-order valence-electron chi connectivity index (χ4n) is 0.967. The number of pyridine rings is 1. The van der Waals surface area contributed by atoms with Gasteiger partial charge in [0.25, 0.3) is 0 Å². The lowest BCUT2D eigenvalue weighted by molar-refractivity contribution is -0.207. The summed E-state index contributed by atoms with van der Waals surface area (Å²) >= 11 is 0. The summed E-state index contributed by atoms with van der Waals surface area (Å²) in [6, 6.07) is 1.16. The molecule has 5 heteroatoms. The van der Waals surface area contributed by atoms with E-state index in [2.05, 4.69) is 4.98 Å². The van der Waals surface area contributed by atoms with Gasteiger partial charge in [-0.1, -0.05) is 0 Å². The molecule has 0 bridgehead atoms. The molecule has 1 aromatic rings. The summed E-state index contributed by atoms with van der Waals surface area (Å²) in [6.07, 6.45) is -4.54. The topological polar surface area (TPSA) is 33.1 Å². The molecule has 0 aliphatic heterocycles. The predicted molar refractivity (Wildman–Crippen MR) is 40.0 cm³/mol. The number of nitrogens with zero attached hydrogens (tertiary/aromatic N) is 1. The van der Waals surface area contributed by atoms with Gasteiger partial charge in [0, 0.05) is 12.4 Å². The zero-order valence-corrected chi connectivity index (χ0v) is 6.84. The van der Waals surface area contributed by atoms with E-state index in [4.69, 9.17) is 5.11 Å². The molecule has 0 radical (unpaired) electrons. The third-order valence-corrected chi connectivity index (χ3v) is 1.67. The van der Waals surface area contributed by atoms with Crippen LogP contribution in [0.1, 0.15) is 17.2 Å². The van der Waals surface area contributed by atoms with Crippen molar-refractivity contribution in [3.63, 3.8) is 0 Å². The molecule has 0 saturated carbocycles. The van der Waals surface area contributed by atoms with Gasteiger partial charge in [-0.3, -0.25) is 4.98 Å². The van der Waals surface area contributed by atoms with E-state index in [-0.39, 0.29) is 5.56 Å². The average Bonchev–Trinajstić information content (AvgIpc) is 2.02. The van der Waals surface area contributed by atoms with Crippen molar-refractivity contribution in [3.8, 4) is 0 Å². The zero-order chi connectivity index (χ0) is 10.1. The number of hydrogen-bond donors (Lipinski definition) is 1. The molecular formula is C8H8F3NO. The van der Waals surface area contributed by atoms with Crippen LogP contribution < -0.4 is 0 Å². The van der Waals surface area contributed by atoms with Crippen LogP contribution in [0.5, 0.6) is 0 Å². The Hall–Kier alpha value is -1.10. The Kier molecular flexibility index (Phi) is 2.56. The van der Waals surface area contributed by atoms with Gasteiger partial charge in [0.15, 0.2) is 6.10 Å². The monoisotopic (exact) mass is 191 g/mol. The quantitative estimate of drug-likeness (QED) is 0.736. The third-order valence-electron chi connectivity index (χ3n) is 1.67. The molecule has 0 aliphatic rings. The molecule has 1 heterocycles. The number of halogens is 3. The number of aryl methyl sites for hydroxylation is 1. The van der Waals surface area contributed by atoms with Gasteiger partial charge in [0.05, 0.1) is 0 Å². The van der Waals surface area contributed by atoms with E-state index in [9.17, 15) is 13.2 Å². The molecule has 0 amide bonds. The van der Waals surface area contributed by atoms with Crippen LogP contribution in [-0.2, 0) is 0 Å². The fourth-order valence-corrected chi connectivity index (χ4v) is 0.967. The SMILES string of the molecule is Cc1cnccc1[C@H](O)C(F)(F)F. The summed E-state index contributed by atoms with van der Waals surface area (Å²) in [4.78, 5) is 3.63. The lowest BCUT2D eigenvalue weighted by Gasteiger charge is -2.16. The highest BCUT2D eigenvalue weighted by Gasteiger charge is 2.39. The molecule has 0 fully saturated rings. The van der Waals surface area contributed by atoms with Gasteiger partial charge in [0.2, 0.25) is 0 Å². The first-order valence-corrected chi connectivity index (χ1v) is 3.58. The summed E-state index contributed by atoms with van der Waals surface area (Å²) in [5, 5.41) is 8.89. The van der Waals surface area contributed by atoms with Crippen molar-refractivity contribution >= 4 is 0 Å². The first-order valence-electron chi connectivity index (χ1n) is 3.58. The lowest BCUT2D eigenvalue weighted by Crippen LogP contribution is -2.21. The molecule has 0 aliphatic carbocycles. The Morgan fingerprint density at radius 2 is 2.08 bits per heavy atom. The minimum atomic E-state index is -4.62. The van der Waals surface area contributed by atoms with Crippen molar-refractivity contribution in [1.82, 2.24) is 4.98 Å². The summed E-state index contributed by atoms with van der Waals surface area (Å²) < 4.78 is 36.1. The number of aliphatic hydroxyl groups excluding tert-OH is 1. The second kappa shape index (κ2) is 3.33. The summed E-state index contributed by atoms with van der Waals surface area (Å²) in [6.45, 7) is 1.47. The van der Waals surface area contributed by atoms with Crippen LogP contribution in [-0.4, -0.2) is 16.3 Å². The Morgan fingerprint density at radius 1 is 1.46 bits per heavy atom. The van der Waals surface area contributed by atoms with Crippen molar-refractivity contribution in [2.24, 2.45) is 0 Å². The molecule has 1 atom stereocenters. The molecule has 1 aromatic heterocycles. The van der Waals surface area contributed by atoms with Crippen LogP contribution in [0, 0.1) is 6.92 Å². The molecular weight excluding hydrogens is 183 g/mol. The minimum absolute atomic E-state index is 0.150. The van der Waals surface area contributed by atoms with Gasteiger partial charge >= 0.3 is 6.18 Å². The number of rotatable bonds is 1. The van der Waals surface area contributed by atoms with E-state index < -0.39 is 12.3 Å². The van der Waals surface area contributed by atoms with Gasteiger partial charge in [-0.05, 0) is 24.1 Å². The Bertz CT molecular complexity index is 298. The Labute approximate surface area is 73.0 Å². The van der Waals surface area contributed by atoms with Crippen LogP contribution in [0.3, 0.4) is 0 Å². The van der Waals surface area contributed by atoms with Crippen molar-refractivity contribution in [2.75, 3.05) is 0 Å². The number of hydrogen-bond acceptors (Lipinski definition) is 2. The maximum Gasteiger partial charge on any atom is 0.418 e. The molecule has 13 heavy (non-hydrogen) atoms. The van der Waals surface area contributed by atoms with E-state index in [1.165, 1.54) is 19.3 Å². The smallest absolute Gasteiger partial charge is 0.379 e. The normalized spacial score (nSPS) is 14.2. The predicted octanol–water partition coefficient (Wildman–Crippen LogP) is 1.99. The van der Waals surface area contributed by atoms with Crippen LogP contribution in [0.15, 0.2) is 18.5 Å². The standard InChI is InChI=1S/C8H8F3NO/c1-5-4-12-3-2-6(5)7(13)8(9,10)11/h2-4,7,13H,1H3/t7-/m0/s1. The number of aliphatic hydroxyl groups is 1. The Balaban J connectivity index is 3.02. The maximum absolute atomic E-state index is 12.0. The van der Waals surface area contributed by atoms with Crippen LogP contribution in [0.2, 0.25) is 0 Å². The highest BCUT2D eigenvalue weighted by Crippen LogP contribution is 2.33. The second-order valence-electron chi connectivity index (χ2n) is 2.68. The van der Waals surface area contributed by atoms with Crippen molar-refractivity contribution in [1.29, 1.82) is 0 Å².